The third kappa shape index (κ3) is 4.31. The molecule has 0 bridgehead atoms. The highest BCUT2D eigenvalue weighted by Gasteiger charge is 2.28. The number of nitrogens with zero attached hydrogens (tertiary/aromatic N) is 4. The molecule has 2 N–H and O–H groups in total. The van der Waals surface area contributed by atoms with E-state index in [9.17, 15) is 5.11 Å². The minimum Gasteiger partial charge on any atom is -0.494 e. The number of benzene rings is 2. The fourth-order valence-electron chi connectivity index (χ4n) is 5.27. The van der Waals surface area contributed by atoms with Crippen LogP contribution in [0.5, 0.6) is 5.75 Å². The van der Waals surface area contributed by atoms with Gasteiger partial charge in [0.15, 0.2) is 23.2 Å². The molecule has 3 heterocycles. The van der Waals surface area contributed by atoms with Gasteiger partial charge in [0.1, 0.15) is 10.6 Å². The first-order valence-corrected chi connectivity index (χ1v) is 13.5. The van der Waals surface area contributed by atoms with E-state index in [4.69, 9.17) is 14.7 Å². The second-order valence-electron chi connectivity index (χ2n) is 9.63. The predicted molar refractivity (Wildman–Crippen MR) is 149 cm³/mol. The van der Waals surface area contributed by atoms with Gasteiger partial charge in [0.05, 0.1) is 12.5 Å². The first kappa shape index (κ1) is 24.5. The Morgan fingerprint density at radius 1 is 1.13 bits per heavy atom. The highest BCUT2D eigenvalue weighted by Crippen LogP contribution is 2.48. The molecule has 1 fully saturated rings. The van der Waals surface area contributed by atoms with Crippen molar-refractivity contribution in [2.75, 3.05) is 19.0 Å². The van der Waals surface area contributed by atoms with E-state index in [2.05, 4.69) is 10.3 Å². The van der Waals surface area contributed by atoms with Gasteiger partial charge in [-0.3, -0.25) is 0 Å². The van der Waals surface area contributed by atoms with Crippen molar-refractivity contribution < 1.29 is 14.2 Å². The molecule has 9 heteroatoms. The number of methoxy groups -OCH3 is 1. The molecule has 6 rings (SSSR count). The Labute approximate surface area is 224 Å². The summed E-state index contributed by atoms with van der Waals surface area (Å²) in [6, 6.07) is 15.3. The average molecular weight is 530 g/mol. The van der Waals surface area contributed by atoms with Gasteiger partial charge in [-0.2, -0.15) is 0 Å². The number of anilines is 1. The van der Waals surface area contributed by atoms with Gasteiger partial charge in [-0.25, -0.2) is 19.3 Å². The standard InChI is InChI=1S/C29H28FN5O2S/c1-35-14-13-31-28(35)27-33-26(32-19-12-11-17(15-19)16-36)23-22(18-7-4-3-5-8-18)25(38-29(23)34-27)20-9-6-10-21(37-2)24(20)30/h3-10,13-14,17,19,36H,11-12,15-16H2,1-2H3,(H,32,33,34). The van der Waals surface area contributed by atoms with Crippen molar-refractivity contribution in [3.8, 4) is 39.0 Å². The molecule has 194 valence electrons. The molecule has 0 aliphatic heterocycles. The van der Waals surface area contributed by atoms with Crippen molar-refractivity contribution in [2.24, 2.45) is 13.0 Å². The first-order chi connectivity index (χ1) is 18.6. The van der Waals surface area contributed by atoms with E-state index >= 15 is 4.39 Å². The van der Waals surface area contributed by atoms with Gasteiger partial charge in [-0.15, -0.1) is 11.3 Å². The number of aryl methyl sites for hydroxylation is 1. The lowest BCUT2D eigenvalue weighted by Gasteiger charge is -2.16. The van der Waals surface area contributed by atoms with Gasteiger partial charge >= 0.3 is 0 Å². The van der Waals surface area contributed by atoms with Crippen LogP contribution in [0.2, 0.25) is 0 Å². The molecular weight excluding hydrogens is 501 g/mol. The van der Waals surface area contributed by atoms with Crippen LogP contribution in [0.1, 0.15) is 19.3 Å². The van der Waals surface area contributed by atoms with Gasteiger partial charge in [-0.05, 0) is 36.8 Å². The molecule has 1 aliphatic rings. The van der Waals surface area contributed by atoms with Crippen LogP contribution in [0.3, 0.4) is 0 Å². The van der Waals surface area contributed by atoms with Crippen molar-refractivity contribution in [3.63, 3.8) is 0 Å². The topological polar surface area (TPSA) is 85.1 Å². The Kier molecular flexibility index (Phi) is 6.55. The number of ether oxygens (including phenoxy) is 1. The molecule has 0 saturated heterocycles. The quantitative estimate of drug-likeness (QED) is 0.263. The zero-order chi connectivity index (χ0) is 26.2. The zero-order valence-electron chi connectivity index (χ0n) is 21.2. The lowest BCUT2D eigenvalue weighted by atomic mass is 9.99. The zero-order valence-corrected chi connectivity index (χ0v) is 22.0. The number of aliphatic hydroxyl groups excluding tert-OH is 1. The molecule has 0 amide bonds. The van der Waals surface area contributed by atoms with Gasteiger partial charge in [0.25, 0.3) is 0 Å². The van der Waals surface area contributed by atoms with Gasteiger partial charge in [-0.1, -0.05) is 42.5 Å². The maximum absolute atomic E-state index is 15.6. The summed E-state index contributed by atoms with van der Waals surface area (Å²) < 4.78 is 22.8. The summed E-state index contributed by atoms with van der Waals surface area (Å²) in [5, 5.41) is 14.2. The SMILES string of the molecule is COc1cccc(-c2sc3nc(-c4nccn4C)nc(NC4CCC(CO)C4)c3c2-c2ccccc2)c1F. The number of hydrogen-bond donors (Lipinski definition) is 2. The van der Waals surface area contributed by atoms with Crippen LogP contribution in [0.25, 0.3) is 43.4 Å². The number of hydrogen-bond acceptors (Lipinski definition) is 7. The number of rotatable bonds is 7. The number of aliphatic hydroxyl groups is 1. The third-order valence-electron chi connectivity index (χ3n) is 7.20. The van der Waals surface area contributed by atoms with Crippen LogP contribution in [0.15, 0.2) is 60.9 Å². The van der Waals surface area contributed by atoms with Crippen molar-refractivity contribution in [3.05, 3.63) is 66.7 Å². The molecule has 2 aromatic carbocycles. The highest BCUT2D eigenvalue weighted by atomic mass is 32.1. The predicted octanol–water partition coefficient (Wildman–Crippen LogP) is 6.15. The molecule has 0 spiro atoms. The van der Waals surface area contributed by atoms with Crippen molar-refractivity contribution in [1.82, 2.24) is 19.5 Å². The Balaban J connectivity index is 1.63. The Morgan fingerprint density at radius 3 is 2.68 bits per heavy atom. The molecule has 1 saturated carbocycles. The van der Waals surface area contributed by atoms with Crippen LogP contribution >= 0.6 is 11.3 Å². The number of imidazole rings is 1. The van der Waals surface area contributed by atoms with E-state index in [1.54, 1.807) is 24.4 Å². The molecule has 0 radical (unpaired) electrons. The molecule has 2 unspecified atom stereocenters. The summed E-state index contributed by atoms with van der Waals surface area (Å²) in [4.78, 5) is 15.9. The maximum atomic E-state index is 15.6. The second-order valence-corrected chi connectivity index (χ2v) is 10.6. The van der Waals surface area contributed by atoms with Gasteiger partial charge in [0, 0.05) is 48.1 Å². The van der Waals surface area contributed by atoms with Crippen LogP contribution < -0.4 is 10.1 Å². The van der Waals surface area contributed by atoms with Crippen LogP contribution in [-0.2, 0) is 7.05 Å². The summed E-state index contributed by atoms with van der Waals surface area (Å²) in [6.45, 7) is 0.183. The summed E-state index contributed by atoms with van der Waals surface area (Å²) in [7, 11) is 3.38. The molecule has 7 nitrogen and oxygen atoms in total. The highest BCUT2D eigenvalue weighted by molar-refractivity contribution is 7.22. The number of fused-ring (bicyclic) bond motifs is 1. The van der Waals surface area contributed by atoms with Crippen LogP contribution in [0.4, 0.5) is 10.2 Å². The second kappa shape index (κ2) is 10.2. The molecule has 2 atom stereocenters. The van der Waals surface area contributed by atoms with Gasteiger partial charge in [0.2, 0.25) is 0 Å². The van der Waals surface area contributed by atoms with Gasteiger partial charge < -0.3 is 19.7 Å². The summed E-state index contributed by atoms with van der Waals surface area (Å²) >= 11 is 1.44. The van der Waals surface area contributed by atoms with E-state index in [1.165, 1.54) is 18.4 Å². The fraction of sp³-hybridized carbons (Fsp3) is 0.276. The molecule has 1 aliphatic carbocycles. The van der Waals surface area contributed by atoms with Crippen molar-refractivity contribution >= 4 is 27.4 Å². The average Bonchev–Trinajstić information content (AvgIpc) is 3.67. The monoisotopic (exact) mass is 529 g/mol. The number of halogens is 1. The minimum atomic E-state index is -0.410. The van der Waals surface area contributed by atoms with E-state index in [0.717, 1.165) is 45.5 Å². The minimum absolute atomic E-state index is 0.167. The smallest absolute Gasteiger partial charge is 0.199 e. The van der Waals surface area contributed by atoms with Crippen LogP contribution in [0, 0.1) is 11.7 Å². The number of aromatic nitrogens is 4. The Hall–Kier alpha value is -3.82. The normalized spacial score (nSPS) is 17.3. The maximum Gasteiger partial charge on any atom is 0.199 e. The molecule has 3 aromatic heterocycles. The summed E-state index contributed by atoms with van der Waals surface area (Å²) in [6.07, 6.45) is 6.35. The number of nitrogens with one attached hydrogen (secondary N) is 1. The van der Waals surface area contributed by atoms with Crippen LogP contribution in [-0.4, -0.2) is 44.4 Å². The van der Waals surface area contributed by atoms with E-state index in [0.29, 0.717) is 23.0 Å². The Morgan fingerprint density at radius 2 is 1.97 bits per heavy atom. The Bertz CT molecular complexity index is 1600. The fourth-order valence-corrected chi connectivity index (χ4v) is 6.48. The molecule has 5 aromatic rings. The molecule has 38 heavy (non-hydrogen) atoms. The van der Waals surface area contributed by atoms with E-state index in [1.807, 2.05) is 48.1 Å². The van der Waals surface area contributed by atoms with E-state index < -0.39 is 5.82 Å². The lowest BCUT2D eigenvalue weighted by molar-refractivity contribution is 0.229. The largest absolute Gasteiger partial charge is 0.494 e. The van der Waals surface area contributed by atoms with Crippen molar-refractivity contribution in [1.29, 1.82) is 0 Å². The van der Waals surface area contributed by atoms with Crippen molar-refractivity contribution in [2.45, 2.75) is 25.3 Å². The van der Waals surface area contributed by atoms with E-state index in [-0.39, 0.29) is 24.3 Å². The number of thiophene rings is 1. The summed E-state index contributed by atoms with van der Waals surface area (Å²) in [5.41, 5.74) is 2.28. The summed E-state index contributed by atoms with van der Waals surface area (Å²) in [5.74, 6) is 1.91. The third-order valence-corrected chi connectivity index (χ3v) is 8.32. The lowest BCUT2D eigenvalue weighted by Crippen LogP contribution is -2.18. The molecular formula is C29H28FN5O2S. The first-order valence-electron chi connectivity index (χ1n) is 12.6.